The SMILES string of the molecule is CN(C)CC1CCN(c2cc(N)cc([N+](=O)[O-])c2)CC1. The molecule has 6 nitrogen and oxygen atoms in total. The molecule has 0 bridgehead atoms. The standard InChI is InChI=1S/C14H22N4O2/c1-16(2)10-11-3-5-17(6-4-11)13-7-12(15)8-14(9-13)18(19)20/h7-9,11H,3-6,10,15H2,1-2H3. The zero-order chi connectivity index (χ0) is 14.7. The van der Waals surface area contributed by atoms with Crippen LogP contribution in [0.2, 0.25) is 0 Å². The fraction of sp³-hybridized carbons (Fsp3) is 0.571. The number of piperidine rings is 1. The van der Waals surface area contributed by atoms with Crippen molar-refractivity contribution < 1.29 is 4.92 Å². The Morgan fingerprint density at radius 1 is 1.35 bits per heavy atom. The van der Waals surface area contributed by atoms with Crippen molar-refractivity contribution in [3.8, 4) is 0 Å². The smallest absolute Gasteiger partial charge is 0.273 e. The Kier molecular flexibility index (Phi) is 4.44. The first-order valence-electron chi connectivity index (χ1n) is 6.90. The van der Waals surface area contributed by atoms with Gasteiger partial charge >= 0.3 is 0 Å². The fourth-order valence-corrected chi connectivity index (χ4v) is 2.80. The number of rotatable bonds is 4. The maximum absolute atomic E-state index is 10.9. The largest absolute Gasteiger partial charge is 0.398 e. The monoisotopic (exact) mass is 278 g/mol. The summed E-state index contributed by atoms with van der Waals surface area (Å²) < 4.78 is 0. The average molecular weight is 278 g/mol. The van der Waals surface area contributed by atoms with Gasteiger partial charge in [-0.05, 0) is 38.9 Å². The summed E-state index contributed by atoms with van der Waals surface area (Å²) in [4.78, 5) is 14.9. The number of nitrogen functional groups attached to an aromatic ring is 1. The molecule has 2 rings (SSSR count). The molecule has 0 aromatic heterocycles. The summed E-state index contributed by atoms with van der Waals surface area (Å²) in [7, 11) is 4.18. The summed E-state index contributed by atoms with van der Waals surface area (Å²) in [5, 5.41) is 10.9. The van der Waals surface area contributed by atoms with Crippen molar-refractivity contribution in [3.63, 3.8) is 0 Å². The van der Waals surface area contributed by atoms with Gasteiger partial charge in [0.15, 0.2) is 0 Å². The highest BCUT2D eigenvalue weighted by Crippen LogP contribution is 2.29. The molecule has 1 aliphatic heterocycles. The molecule has 110 valence electrons. The lowest BCUT2D eigenvalue weighted by Crippen LogP contribution is -2.37. The third kappa shape index (κ3) is 3.60. The number of nitro groups is 1. The van der Waals surface area contributed by atoms with E-state index in [1.807, 2.05) is 6.07 Å². The van der Waals surface area contributed by atoms with E-state index in [2.05, 4.69) is 23.9 Å². The van der Waals surface area contributed by atoms with Crippen molar-refractivity contribution in [2.24, 2.45) is 5.92 Å². The molecule has 6 heteroatoms. The summed E-state index contributed by atoms with van der Waals surface area (Å²) in [6.07, 6.45) is 2.22. The number of non-ortho nitro benzene ring substituents is 1. The molecule has 1 aliphatic rings. The first kappa shape index (κ1) is 14.6. The molecule has 1 aromatic carbocycles. The van der Waals surface area contributed by atoms with Gasteiger partial charge in [-0.1, -0.05) is 0 Å². The highest BCUT2D eigenvalue weighted by Gasteiger charge is 2.21. The van der Waals surface area contributed by atoms with Gasteiger partial charge in [-0.2, -0.15) is 0 Å². The molecule has 1 heterocycles. The number of benzene rings is 1. The van der Waals surface area contributed by atoms with Gasteiger partial charge in [0.1, 0.15) is 0 Å². The number of hydrogen-bond acceptors (Lipinski definition) is 5. The molecule has 1 fully saturated rings. The maximum Gasteiger partial charge on any atom is 0.273 e. The minimum Gasteiger partial charge on any atom is -0.398 e. The Morgan fingerprint density at radius 3 is 2.55 bits per heavy atom. The van der Waals surface area contributed by atoms with Crippen molar-refractivity contribution in [2.75, 3.05) is 44.4 Å². The molecule has 0 saturated carbocycles. The molecule has 0 amide bonds. The highest BCUT2D eigenvalue weighted by atomic mass is 16.6. The Morgan fingerprint density at radius 2 is 2.00 bits per heavy atom. The van der Waals surface area contributed by atoms with Gasteiger partial charge in [-0.15, -0.1) is 0 Å². The molecule has 0 unspecified atom stereocenters. The molecular formula is C14H22N4O2. The van der Waals surface area contributed by atoms with Crippen molar-refractivity contribution in [1.29, 1.82) is 0 Å². The van der Waals surface area contributed by atoms with Crippen LogP contribution in [0.1, 0.15) is 12.8 Å². The normalized spacial score (nSPS) is 16.6. The van der Waals surface area contributed by atoms with E-state index in [1.54, 1.807) is 6.07 Å². The van der Waals surface area contributed by atoms with Crippen LogP contribution in [0.25, 0.3) is 0 Å². The third-order valence-electron chi connectivity index (χ3n) is 3.74. The Labute approximate surface area is 119 Å². The maximum atomic E-state index is 10.9. The zero-order valence-electron chi connectivity index (χ0n) is 12.1. The quantitative estimate of drug-likeness (QED) is 0.517. The van der Waals surface area contributed by atoms with Crippen LogP contribution in [-0.2, 0) is 0 Å². The molecule has 0 radical (unpaired) electrons. The van der Waals surface area contributed by atoms with Crippen LogP contribution < -0.4 is 10.6 Å². The lowest BCUT2D eigenvalue weighted by Gasteiger charge is -2.34. The molecule has 0 atom stereocenters. The van der Waals surface area contributed by atoms with Crippen LogP contribution in [0.3, 0.4) is 0 Å². The number of nitro benzene ring substituents is 1. The molecule has 20 heavy (non-hydrogen) atoms. The predicted octanol–water partition coefficient (Wildman–Crippen LogP) is 1.95. The van der Waals surface area contributed by atoms with E-state index in [1.165, 1.54) is 6.07 Å². The van der Waals surface area contributed by atoms with E-state index in [4.69, 9.17) is 5.73 Å². The van der Waals surface area contributed by atoms with Gasteiger partial charge < -0.3 is 15.5 Å². The Hall–Kier alpha value is -1.82. The second kappa shape index (κ2) is 6.09. The van der Waals surface area contributed by atoms with Crippen LogP contribution >= 0.6 is 0 Å². The highest BCUT2D eigenvalue weighted by molar-refractivity contribution is 5.62. The lowest BCUT2D eigenvalue weighted by molar-refractivity contribution is -0.384. The van der Waals surface area contributed by atoms with Crippen molar-refractivity contribution in [1.82, 2.24) is 4.90 Å². The van der Waals surface area contributed by atoms with Crippen LogP contribution in [0.5, 0.6) is 0 Å². The molecule has 1 saturated heterocycles. The van der Waals surface area contributed by atoms with E-state index in [9.17, 15) is 10.1 Å². The number of anilines is 2. The summed E-state index contributed by atoms with van der Waals surface area (Å²) >= 11 is 0. The van der Waals surface area contributed by atoms with E-state index in [0.717, 1.165) is 38.2 Å². The molecule has 1 aromatic rings. The number of nitrogens with zero attached hydrogens (tertiary/aromatic N) is 3. The van der Waals surface area contributed by atoms with Crippen molar-refractivity contribution >= 4 is 17.1 Å². The van der Waals surface area contributed by atoms with E-state index >= 15 is 0 Å². The van der Waals surface area contributed by atoms with Crippen LogP contribution in [0.4, 0.5) is 17.1 Å². The summed E-state index contributed by atoms with van der Waals surface area (Å²) in [5.41, 5.74) is 7.13. The van der Waals surface area contributed by atoms with Gasteiger partial charge in [0, 0.05) is 43.1 Å². The number of hydrogen-bond donors (Lipinski definition) is 1. The average Bonchev–Trinajstić information content (AvgIpc) is 2.38. The second-order valence-corrected chi connectivity index (χ2v) is 5.73. The van der Waals surface area contributed by atoms with Crippen LogP contribution in [0.15, 0.2) is 18.2 Å². The molecule has 0 spiro atoms. The molecular weight excluding hydrogens is 256 g/mol. The minimum absolute atomic E-state index is 0.0652. The topological polar surface area (TPSA) is 75.6 Å². The van der Waals surface area contributed by atoms with E-state index in [0.29, 0.717) is 11.6 Å². The van der Waals surface area contributed by atoms with Crippen LogP contribution in [-0.4, -0.2) is 43.6 Å². The third-order valence-corrected chi connectivity index (χ3v) is 3.74. The van der Waals surface area contributed by atoms with Crippen molar-refractivity contribution in [3.05, 3.63) is 28.3 Å². The van der Waals surface area contributed by atoms with Gasteiger partial charge in [0.05, 0.1) is 4.92 Å². The van der Waals surface area contributed by atoms with Crippen molar-refractivity contribution in [2.45, 2.75) is 12.8 Å². The first-order valence-corrected chi connectivity index (χ1v) is 6.90. The summed E-state index contributed by atoms with van der Waals surface area (Å²) in [6, 6.07) is 4.84. The number of nitrogens with two attached hydrogens (primary N) is 1. The second-order valence-electron chi connectivity index (χ2n) is 5.73. The van der Waals surface area contributed by atoms with E-state index < -0.39 is 4.92 Å². The lowest BCUT2D eigenvalue weighted by atomic mass is 9.96. The Balaban J connectivity index is 2.05. The summed E-state index contributed by atoms with van der Waals surface area (Å²) in [5.74, 6) is 0.706. The van der Waals surface area contributed by atoms with Gasteiger partial charge in [-0.3, -0.25) is 10.1 Å². The Bertz CT molecular complexity index is 482. The molecule has 0 aliphatic carbocycles. The van der Waals surface area contributed by atoms with Gasteiger partial charge in [0.25, 0.3) is 5.69 Å². The van der Waals surface area contributed by atoms with E-state index in [-0.39, 0.29) is 5.69 Å². The summed E-state index contributed by atoms with van der Waals surface area (Å²) in [6.45, 7) is 2.96. The van der Waals surface area contributed by atoms with Gasteiger partial charge in [-0.25, -0.2) is 0 Å². The first-order chi connectivity index (χ1) is 9.45. The van der Waals surface area contributed by atoms with Gasteiger partial charge in [0.2, 0.25) is 0 Å². The minimum atomic E-state index is -0.390. The fourth-order valence-electron chi connectivity index (χ4n) is 2.80. The van der Waals surface area contributed by atoms with Crippen LogP contribution in [0, 0.1) is 16.0 Å². The zero-order valence-corrected chi connectivity index (χ0v) is 12.1. The molecule has 2 N–H and O–H groups in total. The predicted molar refractivity (Wildman–Crippen MR) is 81.0 cm³/mol.